The summed E-state index contributed by atoms with van der Waals surface area (Å²) in [6.07, 6.45) is 0.777. The summed E-state index contributed by atoms with van der Waals surface area (Å²) in [6.45, 7) is 11.9. The van der Waals surface area contributed by atoms with E-state index in [2.05, 4.69) is 25.7 Å². The molecule has 1 aliphatic carbocycles. The van der Waals surface area contributed by atoms with Gasteiger partial charge in [-0.15, -0.1) is 0 Å². The van der Waals surface area contributed by atoms with E-state index in [4.69, 9.17) is 18.9 Å². The Morgan fingerprint density at radius 2 is 1.69 bits per heavy atom. The lowest BCUT2D eigenvalue weighted by Gasteiger charge is -2.42. The van der Waals surface area contributed by atoms with Gasteiger partial charge >= 0.3 is 5.97 Å². The molecule has 0 saturated carbocycles. The quantitative estimate of drug-likeness (QED) is 0.662. The number of nitrogens with one attached hydrogen (secondary N) is 1. The molecule has 3 rings (SSSR count). The maximum absolute atomic E-state index is 13.4. The molecule has 1 aliphatic heterocycles. The second-order valence-corrected chi connectivity index (χ2v) is 9.38. The second kappa shape index (κ2) is 8.88. The van der Waals surface area contributed by atoms with Crippen molar-refractivity contribution in [1.82, 2.24) is 5.32 Å². The summed E-state index contributed by atoms with van der Waals surface area (Å²) >= 11 is 0. The number of hydrogen-bond acceptors (Lipinski definition) is 7. The Kier molecular flexibility index (Phi) is 6.58. The predicted octanol–water partition coefficient (Wildman–Crippen LogP) is 4.12. The van der Waals surface area contributed by atoms with E-state index in [1.54, 1.807) is 26.0 Å². The zero-order valence-electron chi connectivity index (χ0n) is 20.0. The Balaban J connectivity index is 2.25. The van der Waals surface area contributed by atoms with Crippen LogP contribution in [0.2, 0.25) is 0 Å². The standard InChI is InChI=1S/C25H33NO6/c1-13(2)32-24(28)20-14(3)26-16-11-25(4,5)12-17(27)22(16)21(20)15-9-18(29-6)23(31-8)19(10-15)30-7/h9-10,13,20-21,26H,3,11-12H2,1-2,4-8H3. The van der Waals surface area contributed by atoms with Crippen molar-refractivity contribution < 1.29 is 28.5 Å². The molecular weight excluding hydrogens is 410 g/mol. The van der Waals surface area contributed by atoms with Crippen molar-refractivity contribution in [1.29, 1.82) is 0 Å². The van der Waals surface area contributed by atoms with Crippen LogP contribution >= 0.6 is 0 Å². The van der Waals surface area contributed by atoms with Gasteiger partial charge in [0.1, 0.15) is 5.92 Å². The molecule has 0 bridgehead atoms. The summed E-state index contributed by atoms with van der Waals surface area (Å²) in [5.74, 6) is -0.428. The topological polar surface area (TPSA) is 83.1 Å². The van der Waals surface area contributed by atoms with Crippen molar-refractivity contribution in [3.05, 3.63) is 41.2 Å². The molecule has 1 N–H and O–H groups in total. The fourth-order valence-electron chi connectivity index (χ4n) is 4.67. The van der Waals surface area contributed by atoms with Crippen molar-refractivity contribution >= 4 is 11.8 Å². The molecule has 0 aromatic heterocycles. The molecule has 2 aliphatic rings. The highest BCUT2D eigenvalue weighted by molar-refractivity contribution is 6.01. The van der Waals surface area contributed by atoms with Gasteiger partial charge in [-0.05, 0) is 43.4 Å². The highest BCUT2D eigenvalue weighted by atomic mass is 16.5. The third-order valence-corrected chi connectivity index (χ3v) is 5.90. The fraction of sp³-hybridized carbons (Fsp3) is 0.520. The average molecular weight is 444 g/mol. The van der Waals surface area contributed by atoms with Gasteiger partial charge < -0.3 is 24.3 Å². The summed E-state index contributed by atoms with van der Waals surface area (Å²) in [5.41, 5.74) is 2.43. The molecule has 7 nitrogen and oxygen atoms in total. The molecule has 1 aromatic carbocycles. The number of carbonyl (C=O) groups is 2. The van der Waals surface area contributed by atoms with E-state index in [1.807, 2.05) is 0 Å². The van der Waals surface area contributed by atoms with Crippen LogP contribution in [-0.4, -0.2) is 39.2 Å². The number of Topliss-reactive ketones (excluding diaryl/α,β-unsaturated/α-hetero) is 1. The van der Waals surface area contributed by atoms with Gasteiger partial charge in [0.25, 0.3) is 0 Å². The van der Waals surface area contributed by atoms with Crippen molar-refractivity contribution in [2.45, 2.75) is 52.6 Å². The van der Waals surface area contributed by atoms with Gasteiger partial charge in [-0.1, -0.05) is 20.4 Å². The van der Waals surface area contributed by atoms with Gasteiger partial charge in [-0.3, -0.25) is 9.59 Å². The summed E-state index contributed by atoms with van der Waals surface area (Å²) in [7, 11) is 4.60. The third-order valence-electron chi connectivity index (χ3n) is 5.90. The number of ether oxygens (including phenoxy) is 4. The molecular formula is C25H33NO6. The van der Waals surface area contributed by atoms with Gasteiger partial charge in [0.15, 0.2) is 17.3 Å². The van der Waals surface area contributed by atoms with Crippen LogP contribution in [0.5, 0.6) is 17.2 Å². The van der Waals surface area contributed by atoms with E-state index >= 15 is 0 Å². The van der Waals surface area contributed by atoms with Gasteiger partial charge in [0.05, 0.1) is 27.4 Å². The minimum Gasteiger partial charge on any atom is -0.493 e. The van der Waals surface area contributed by atoms with Crippen LogP contribution in [0.4, 0.5) is 0 Å². The Morgan fingerprint density at radius 3 is 2.19 bits per heavy atom. The molecule has 7 heteroatoms. The second-order valence-electron chi connectivity index (χ2n) is 9.38. The van der Waals surface area contributed by atoms with Crippen molar-refractivity contribution in [2.75, 3.05) is 21.3 Å². The van der Waals surface area contributed by atoms with Gasteiger partial charge in [-0.25, -0.2) is 0 Å². The molecule has 0 saturated heterocycles. The number of ketones is 1. The number of benzene rings is 1. The van der Waals surface area contributed by atoms with Crippen LogP contribution in [0.1, 0.15) is 52.0 Å². The Bertz CT molecular complexity index is 950. The van der Waals surface area contributed by atoms with E-state index < -0.39 is 17.8 Å². The zero-order valence-corrected chi connectivity index (χ0v) is 20.0. The van der Waals surface area contributed by atoms with Crippen molar-refractivity contribution in [2.24, 2.45) is 11.3 Å². The molecule has 1 heterocycles. The number of carbonyl (C=O) groups excluding carboxylic acids is 2. The molecule has 174 valence electrons. The Hall–Kier alpha value is -2.96. The number of methoxy groups -OCH3 is 3. The maximum Gasteiger partial charge on any atom is 0.316 e. The number of rotatable bonds is 6. The summed E-state index contributed by atoms with van der Waals surface area (Å²) < 4.78 is 22.1. The molecule has 2 unspecified atom stereocenters. The monoisotopic (exact) mass is 443 g/mol. The van der Waals surface area contributed by atoms with E-state index in [0.29, 0.717) is 46.9 Å². The molecule has 0 radical (unpaired) electrons. The fourth-order valence-corrected chi connectivity index (χ4v) is 4.67. The van der Waals surface area contributed by atoms with Crippen LogP contribution < -0.4 is 19.5 Å². The molecule has 0 spiro atoms. The summed E-state index contributed by atoms with van der Waals surface area (Å²) in [5, 5.41) is 3.26. The Labute approximate surface area is 189 Å². The molecule has 0 amide bonds. The lowest BCUT2D eigenvalue weighted by Crippen LogP contribution is -2.44. The summed E-state index contributed by atoms with van der Waals surface area (Å²) in [4.78, 5) is 26.6. The van der Waals surface area contributed by atoms with Crippen molar-refractivity contribution in [3.63, 3.8) is 0 Å². The van der Waals surface area contributed by atoms with Gasteiger partial charge in [0, 0.05) is 29.3 Å². The first-order valence-electron chi connectivity index (χ1n) is 10.8. The lowest BCUT2D eigenvalue weighted by molar-refractivity contribution is -0.151. The molecule has 2 atom stereocenters. The number of hydrogen-bond donors (Lipinski definition) is 1. The minimum absolute atomic E-state index is 0.0114. The van der Waals surface area contributed by atoms with Crippen LogP contribution in [0.3, 0.4) is 0 Å². The maximum atomic E-state index is 13.4. The largest absolute Gasteiger partial charge is 0.493 e. The molecule has 0 fully saturated rings. The van der Waals surface area contributed by atoms with Crippen LogP contribution in [-0.2, 0) is 14.3 Å². The first-order chi connectivity index (χ1) is 15.0. The van der Waals surface area contributed by atoms with E-state index in [0.717, 1.165) is 5.70 Å². The van der Waals surface area contributed by atoms with Crippen molar-refractivity contribution in [3.8, 4) is 17.2 Å². The SMILES string of the molecule is C=C1NC2=C(C(=O)CC(C)(C)C2)C(c2cc(OC)c(OC)c(OC)c2)C1C(=O)OC(C)C. The predicted molar refractivity (Wildman–Crippen MR) is 121 cm³/mol. The highest BCUT2D eigenvalue weighted by Gasteiger charge is 2.47. The minimum atomic E-state index is -0.774. The summed E-state index contributed by atoms with van der Waals surface area (Å²) in [6, 6.07) is 3.58. The first kappa shape index (κ1) is 23.7. The average Bonchev–Trinajstić information content (AvgIpc) is 2.69. The third kappa shape index (κ3) is 4.33. The molecule has 32 heavy (non-hydrogen) atoms. The Morgan fingerprint density at radius 1 is 1.09 bits per heavy atom. The zero-order chi connectivity index (χ0) is 23.8. The molecule has 1 aromatic rings. The lowest BCUT2D eigenvalue weighted by atomic mass is 9.66. The number of allylic oxidation sites excluding steroid dienone is 2. The van der Waals surface area contributed by atoms with Gasteiger partial charge in [-0.2, -0.15) is 0 Å². The van der Waals surface area contributed by atoms with Crippen LogP contribution in [0.25, 0.3) is 0 Å². The van der Waals surface area contributed by atoms with E-state index in [1.165, 1.54) is 21.3 Å². The van der Waals surface area contributed by atoms with Crippen LogP contribution in [0.15, 0.2) is 35.7 Å². The smallest absolute Gasteiger partial charge is 0.316 e. The highest BCUT2D eigenvalue weighted by Crippen LogP contribution is 2.50. The normalized spacial score (nSPS) is 22.2. The first-order valence-corrected chi connectivity index (χ1v) is 10.8. The van der Waals surface area contributed by atoms with Gasteiger partial charge in [0.2, 0.25) is 5.75 Å². The van der Waals surface area contributed by atoms with E-state index in [-0.39, 0.29) is 17.3 Å². The van der Waals surface area contributed by atoms with Crippen LogP contribution in [0, 0.1) is 11.3 Å². The van der Waals surface area contributed by atoms with E-state index in [9.17, 15) is 9.59 Å². The number of esters is 1.